The second-order valence-corrected chi connectivity index (χ2v) is 6.52. The van der Waals surface area contributed by atoms with Gasteiger partial charge in [-0.2, -0.15) is 0 Å². The van der Waals surface area contributed by atoms with E-state index in [-0.39, 0.29) is 0 Å². The molecule has 0 saturated carbocycles. The van der Waals surface area contributed by atoms with Gasteiger partial charge in [-0.3, -0.25) is 0 Å². The third-order valence-electron chi connectivity index (χ3n) is 4.06. The highest BCUT2D eigenvalue weighted by Crippen LogP contribution is 2.28. The van der Waals surface area contributed by atoms with E-state index in [1.54, 1.807) is 11.3 Å². The molecular weight excluding hydrogens is 300 g/mol. The number of benzene rings is 2. The number of unbranched alkanes of at least 4 members (excludes halogenated alkanes) is 1. The van der Waals surface area contributed by atoms with Gasteiger partial charge < -0.3 is 5.73 Å². The predicted octanol–water partition coefficient (Wildman–Crippen LogP) is 5.28. The van der Waals surface area contributed by atoms with E-state index in [9.17, 15) is 0 Å². The lowest BCUT2D eigenvalue weighted by atomic mass is 9.97. The Morgan fingerprint density at radius 1 is 0.957 bits per heavy atom. The molecule has 3 aromatic rings. The van der Waals surface area contributed by atoms with E-state index in [1.807, 2.05) is 5.51 Å². The van der Waals surface area contributed by atoms with Crippen LogP contribution >= 0.6 is 11.3 Å². The number of nitrogens with two attached hydrogens (primary N) is 1. The Morgan fingerprint density at radius 3 is 2.39 bits per heavy atom. The number of rotatable bonds is 6. The van der Waals surface area contributed by atoms with Gasteiger partial charge in [0.2, 0.25) is 0 Å². The largest absolute Gasteiger partial charge is 0.326 e. The maximum absolute atomic E-state index is 5.88. The van der Waals surface area contributed by atoms with Crippen molar-refractivity contribution in [2.45, 2.75) is 32.7 Å². The van der Waals surface area contributed by atoms with E-state index >= 15 is 0 Å². The summed E-state index contributed by atoms with van der Waals surface area (Å²) in [6.07, 6.45) is 3.64. The van der Waals surface area contributed by atoms with E-state index in [1.165, 1.54) is 29.5 Å². The van der Waals surface area contributed by atoms with Gasteiger partial charge in [-0.25, -0.2) is 4.98 Å². The van der Waals surface area contributed by atoms with Crippen molar-refractivity contribution < 1.29 is 0 Å². The quantitative estimate of drug-likeness (QED) is 0.670. The van der Waals surface area contributed by atoms with Gasteiger partial charge in [-0.1, -0.05) is 37.6 Å². The SMILES string of the molecule is CCCCc1ccc(-c2cc(CN)cc(-c3cscn3)c2)cc1. The molecule has 0 aliphatic rings. The molecule has 1 heterocycles. The first-order valence-electron chi connectivity index (χ1n) is 8.12. The summed E-state index contributed by atoms with van der Waals surface area (Å²) in [6, 6.07) is 15.4. The second kappa shape index (κ2) is 7.53. The van der Waals surface area contributed by atoms with Crippen molar-refractivity contribution in [2.75, 3.05) is 0 Å². The first kappa shape index (κ1) is 15.9. The zero-order chi connectivity index (χ0) is 16.1. The van der Waals surface area contributed by atoms with Gasteiger partial charge >= 0.3 is 0 Å². The summed E-state index contributed by atoms with van der Waals surface area (Å²) in [5.74, 6) is 0. The number of aromatic nitrogens is 1. The van der Waals surface area contributed by atoms with Gasteiger partial charge in [0.1, 0.15) is 0 Å². The van der Waals surface area contributed by atoms with Crippen LogP contribution in [-0.4, -0.2) is 4.98 Å². The Morgan fingerprint density at radius 2 is 1.74 bits per heavy atom. The fraction of sp³-hybridized carbons (Fsp3) is 0.250. The maximum atomic E-state index is 5.88. The smallest absolute Gasteiger partial charge is 0.0811 e. The molecule has 0 bridgehead atoms. The Labute approximate surface area is 142 Å². The van der Waals surface area contributed by atoms with Gasteiger partial charge in [0.25, 0.3) is 0 Å². The molecule has 3 rings (SSSR count). The number of aryl methyl sites for hydroxylation is 1. The summed E-state index contributed by atoms with van der Waals surface area (Å²) >= 11 is 1.62. The third kappa shape index (κ3) is 3.87. The minimum Gasteiger partial charge on any atom is -0.326 e. The Hall–Kier alpha value is -1.97. The Bertz CT molecular complexity index is 746. The Kier molecular flexibility index (Phi) is 5.21. The van der Waals surface area contributed by atoms with Crippen molar-refractivity contribution in [2.24, 2.45) is 5.73 Å². The van der Waals surface area contributed by atoms with Crippen molar-refractivity contribution >= 4 is 11.3 Å². The first-order chi connectivity index (χ1) is 11.3. The Balaban J connectivity index is 1.94. The molecule has 0 aliphatic carbocycles. The summed E-state index contributed by atoms with van der Waals surface area (Å²) in [6.45, 7) is 2.77. The van der Waals surface area contributed by atoms with E-state index < -0.39 is 0 Å². The maximum Gasteiger partial charge on any atom is 0.0811 e. The van der Waals surface area contributed by atoms with E-state index in [0.29, 0.717) is 6.54 Å². The first-order valence-corrected chi connectivity index (χ1v) is 9.06. The van der Waals surface area contributed by atoms with Gasteiger partial charge in [-0.15, -0.1) is 11.3 Å². The molecule has 23 heavy (non-hydrogen) atoms. The fourth-order valence-corrected chi connectivity index (χ4v) is 3.29. The van der Waals surface area contributed by atoms with Crippen LogP contribution in [0.3, 0.4) is 0 Å². The lowest BCUT2D eigenvalue weighted by Crippen LogP contribution is -1.97. The molecule has 0 saturated heterocycles. The van der Waals surface area contributed by atoms with Gasteiger partial charge in [0.15, 0.2) is 0 Å². The average molecular weight is 322 g/mol. The van der Waals surface area contributed by atoms with Crippen LogP contribution in [0.15, 0.2) is 53.4 Å². The highest BCUT2D eigenvalue weighted by atomic mass is 32.1. The van der Waals surface area contributed by atoms with Crippen LogP contribution < -0.4 is 5.73 Å². The zero-order valence-corrected chi connectivity index (χ0v) is 14.3. The molecule has 0 radical (unpaired) electrons. The molecular formula is C20H22N2S. The lowest BCUT2D eigenvalue weighted by molar-refractivity contribution is 0.795. The lowest BCUT2D eigenvalue weighted by Gasteiger charge is -2.09. The number of hydrogen-bond acceptors (Lipinski definition) is 3. The van der Waals surface area contributed by atoms with Gasteiger partial charge in [0.05, 0.1) is 11.2 Å². The highest BCUT2D eigenvalue weighted by molar-refractivity contribution is 7.07. The number of nitrogens with zero attached hydrogens (tertiary/aromatic N) is 1. The molecule has 2 aromatic carbocycles. The van der Waals surface area contributed by atoms with Crippen molar-refractivity contribution in [3.8, 4) is 22.4 Å². The minimum atomic E-state index is 0.541. The van der Waals surface area contributed by atoms with Crippen molar-refractivity contribution in [3.63, 3.8) is 0 Å². The number of thiazole rings is 1. The number of hydrogen-bond donors (Lipinski definition) is 1. The summed E-state index contributed by atoms with van der Waals surface area (Å²) in [5.41, 5.74) is 14.9. The van der Waals surface area contributed by atoms with E-state index in [4.69, 9.17) is 5.73 Å². The normalized spacial score (nSPS) is 10.9. The molecule has 0 fully saturated rings. The van der Waals surface area contributed by atoms with Crippen LogP contribution in [0.1, 0.15) is 30.9 Å². The van der Waals surface area contributed by atoms with Gasteiger partial charge in [0, 0.05) is 17.5 Å². The predicted molar refractivity (Wildman–Crippen MR) is 99.5 cm³/mol. The zero-order valence-electron chi connectivity index (χ0n) is 13.5. The fourth-order valence-electron chi connectivity index (χ4n) is 2.72. The summed E-state index contributed by atoms with van der Waals surface area (Å²) < 4.78 is 0. The standard InChI is InChI=1S/C20H22N2S/c1-2-3-4-15-5-7-17(8-6-15)18-9-16(12-21)10-19(11-18)20-13-23-14-22-20/h5-11,13-14H,2-4,12,21H2,1H3. The van der Waals surface area contributed by atoms with Crippen LogP contribution in [-0.2, 0) is 13.0 Å². The van der Waals surface area contributed by atoms with Crippen LogP contribution in [0.5, 0.6) is 0 Å². The summed E-state index contributed by atoms with van der Waals surface area (Å²) in [5, 5.41) is 2.08. The van der Waals surface area contributed by atoms with E-state index in [0.717, 1.165) is 23.2 Å². The summed E-state index contributed by atoms with van der Waals surface area (Å²) in [4.78, 5) is 4.42. The molecule has 3 heteroatoms. The topological polar surface area (TPSA) is 38.9 Å². The molecule has 0 amide bonds. The molecule has 0 aliphatic heterocycles. The molecule has 0 atom stereocenters. The van der Waals surface area contributed by atoms with Crippen molar-refractivity contribution in [1.29, 1.82) is 0 Å². The van der Waals surface area contributed by atoms with E-state index in [2.05, 4.69) is 59.8 Å². The van der Waals surface area contributed by atoms with Crippen molar-refractivity contribution in [3.05, 3.63) is 64.5 Å². The third-order valence-corrected chi connectivity index (χ3v) is 4.65. The second-order valence-electron chi connectivity index (χ2n) is 5.80. The van der Waals surface area contributed by atoms with Crippen molar-refractivity contribution in [1.82, 2.24) is 4.98 Å². The molecule has 2 nitrogen and oxygen atoms in total. The molecule has 1 aromatic heterocycles. The van der Waals surface area contributed by atoms with Gasteiger partial charge in [-0.05, 0) is 53.3 Å². The summed E-state index contributed by atoms with van der Waals surface area (Å²) in [7, 11) is 0. The highest BCUT2D eigenvalue weighted by Gasteiger charge is 2.06. The molecule has 0 unspecified atom stereocenters. The monoisotopic (exact) mass is 322 g/mol. The minimum absolute atomic E-state index is 0.541. The molecule has 0 spiro atoms. The van der Waals surface area contributed by atoms with Crippen LogP contribution in [0.25, 0.3) is 22.4 Å². The average Bonchev–Trinajstić information content (AvgIpc) is 3.14. The van der Waals surface area contributed by atoms with Crippen LogP contribution in [0.4, 0.5) is 0 Å². The molecule has 118 valence electrons. The van der Waals surface area contributed by atoms with Crippen LogP contribution in [0, 0.1) is 0 Å². The van der Waals surface area contributed by atoms with Crippen LogP contribution in [0.2, 0.25) is 0 Å². The molecule has 2 N–H and O–H groups in total.